The van der Waals surface area contributed by atoms with E-state index in [1.54, 1.807) is 0 Å². The molecule has 2 aromatic carbocycles. The van der Waals surface area contributed by atoms with Crippen LogP contribution in [0.4, 0.5) is 0 Å². The molecule has 0 saturated heterocycles. The van der Waals surface area contributed by atoms with Gasteiger partial charge in [-0.15, -0.1) is 0 Å². The third kappa shape index (κ3) is 13.9. The molecule has 1 aromatic heterocycles. The lowest BCUT2D eigenvalue weighted by atomic mass is 9.96. The fourth-order valence-corrected chi connectivity index (χ4v) is 6.61. The van der Waals surface area contributed by atoms with E-state index in [1.165, 1.54) is 138 Å². The number of imidazole rings is 1. The first-order chi connectivity index (χ1) is 21.2. The number of nitrogens with zero attached hydrogens (tertiary/aromatic N) is 2. The highest BCUT2D eigenvalue weighted by Crippen LogP contribution is 2.22. The van der Waals surface area contributed by atoms with Gasteiger partial charge in [0.1, 0.15) is 11.9 Å². The SMILES string of the molecule is CCCCCCCCCCCCCCCCCC[n+]1cc(CC(C)c2ccccc2)n(CCCC)c1Cc1ccccc1. The summed E-state index contributed by atoms with van der Waals surface area (Å²) >= 11 is 0. The summed E-state index contributed by atoms with van der Waals surface area (Å²) in [6.45, 7) is 9.29. The molecule has 0 saturated carbocycles. The Bertz CT molecular complexity index is 1070. The van der Waals surface area contributed by atoms with Gasteiger partial charge in [-0.2, -0.15) is 0 Å². The summed E-state index contributed by atoms with van der Waals surface area (Å²) in [5, 5.41) is 0. The lowest BCUT2D eigenvalue weighted by Crippen LogP contribution is -2.37. The maximum absolute atomic E-state index is 2.68. The van der Waals surface area contributed by atoms with Gasteiger partial charge in [-0.3, -0.25) is 0 Å². The van der Waals surface area contributed by atoms with Crippen LogP contribution >= 0.6 is 0 Å². The molecule has 43 heavy (non-hydrogen) atoms. The van der Waals surface area contributed by atoms with Gasteiger partial charge in [0.05, 0.1) is 19.5 Å². The Labute approximate surface area is 266 Å². The molecule has 3 aromatic rings. The molecule has 238 valence electrons. The summed E-state index contributed by atoms with van der Waals surface area (Å²) in [5.74, 6) is 2.01. The van der Waals surface area contributed by atoms with Crippen molar-refractivity contribution in [3.05, 3.63) is 89.5 Å². The molecule has 0 N–H and O–H groups in total. The van der Waals surface area contributed by atoms with Gasteiger partial charge in [0.25, 0.3) is 5.82 Å². The average molecular weight is 586 g/mol. The molecule has 0 aliphatic carbocycles. The largest absolute Gasteiger partial charge is 0.261 e. The normalized spacial score (nSPS) is 12.2. The fourth-order valence-electron chi connectivity index (χ4n) is 6.61. The molecule has 0 spiro atoms. The van der Waals surface area contributed by atoms with Gasteiger partial charge in [-0.1, -0.05) is 178 Å². The Hall–Kier alpha value is -2.35. The molecule has 0 aliphatic rings. The maximum Gasteiger partial charge on any atom is 0.261 e. The number of unbranched alkanes of at least 4 members (excludes halogenated alkanes) is 16. The molecule has 0 fully saturated rings. The molecule has 0 aliphatic heterocycles. The second kappa shape index (κ2) is 22.2. The van der Waals surface area contributed by atoms with Crippen LogP contribution in [-0.4, -0.2) is 4.57 Å². The second-order valence-electron chi connectivity index (χ2n) is 13.2. The van der Waals surface area contributed by atoms with E-state index in [0.29, 0.717) is 5.92 Å². The van der Waals surface area contributed by atoms with Crippen LogP contribution in [0, 0.1) is 0 Å². The first-order valence-corrected chi connectivity index (χ1v) is 18.4. The summed E-state index contributed by atoms with van der Waals surface area (Å²) in [7, 11) is 0. The van der Waals surface area contributed by atoms with E-state index in [9.17, 15) is 0 Å². The zero-order chi connectivity index (χ0) is 30.4. The Morgan fingerprint density at radius 1 is 0.581 bits per heavy atom. The Morgan fingerprint density at radius 3 is 1.60 bits per heavy atom. The predicted octanol–water partition coefficient (Wildman–Crippen LogP) is 11.8. The highest BCUT2D eigenvalue weighted by atomic mass is 15.2. The van der Waals surface area contributed by atoms with Gasteiger partial charge in [0.15, 0.2) is 0 Å². The van der Waals surface area contributed by atoms with Crippen molar-refractivity contribution in [2.24, 2.45) is 0 Å². The molecular formula is C41H65N2+. The minimum Gasteiger partial charge on any atom is -0.234 e. The third-order valence-corrected chi connectivity index (χ3v) is 9.37. The summed E-state index contributed by atoms with van der Waals surface area (Å²) in [6.07, 6.45) is 29.9. The smallest absolute Gasteiger partial charge is 0.234 e. The summed E-state index contributed by atoms with van der Waals surface area (Å²) in [4.78, 5) is 0. The van der Waals surface area contributed by atoms with E-state index in [4.69, 9.17) is 0 Å². The van der Waals surface area contributed by atoms with Crippen molar-refractivity contribution in [3.8, 4) is 0 Å². The first-order valence-electron chi connectivity index (χ1n) is 18.4. The van der Waals surface area contributed by atoms with E-state index in [-0.39, 0.29) is 0 Å². The van der Waals surface area contributed by atoms with Gasteiger partial charge in [-0.25, -0.2) is 9.13 Å². The van der Waals surface area contributed by atoms with Crippen molar-refractivity contribution in [2.75, 3.05) is 0 Å². The Balaban J connectivity index is 1.46. The van der Waals surface area contributed by atoms with Gasteiger partial charge in [0, 0.05) is 6.42 Å². The van der Waals surface area contributed by atoms with Crippen LogP contribution in [0.1, 0.15) is 165 Å². The monoisotopic (exact) mass is 586 g/mol. The molecule has 1 heterocycles. The molecule has 0 radical (unpaired) electrons. The quantitative estimate of drug-likeness (QED) is 0.0690. The number of benzene rings is 2. The molecule has 1 unspecified atom stereocenters. The van der Waals surface area contributed by atoms with Crippen molar-refractivity contribution < 1.29 is 4.57 Å². The topological polar surface area (TPSA) is 8.81 Å². The molecule has 2 heteroatoms. The highest BCUT2D eigenvalue weighted by Gasteiger charge is 2.24. The second-order valence-corrected chi connectivity index (χ2v) is 13.2. The van der Waals surface area contributed by atoms with Crippen molar-refractivity contribution in [3.63, 3.8) is 0 Å². The van der Waals surface area contributed by atoms with Crippen LogP contribution in [-0.2, 0) is 25.9 Å². The van der Waals surface area contributed by atoms with Gasteiger partial charge >= 0.3 is 0 Å². The van der Waals surface area contributed by atoms with Crippen LogP contribution in [0.3, 0.4) is 0 Å². The standard InChI is InChI=1S/C41H65N2/c1-4-6-8-9-10-11-12-13-14-15-16-17-18-19-20-27-32-42-36-40(34-37(3)39-30-25-22-26-31-39)43(33-7-5-2)41(42)35-38-28-23-21-24-29-38/h21-26,28-31,36-37H,4-20,27,32-35H2,1-3H3/q+1. The maximum atomic E-state index is 2.68. The van der Waals surface area contributed by atoms with Crippen LogP contribution in [0.25, 0.3) is 0 Å². The first kappa shape index (κ1) is 35.1. The molecule has 0 bridgehead atoms. The summed E-state index contributed by atoms with van der Waals surface area (Å²) in [5.41, 5.74) is 4.37. The number of hydrogen-bond donors (Lipinski definition) is 0. The summed E-state index contributed by atoms with van der Waals surface area (Å²) in [6, 6.07) is 22.2. The van der Waals surface area contributed by atoms with E-state index >= 15 is 0 Å². The van der Waals surface area contributed by atoms with Crippen LogP contribution in [0.15, 0.2) is 66.9 Å². The lowest BCUT2D eigenvalue weighted by molar-refractivity contribution is -0.704. The number of aryl methyl sites for hydroxylation is 1. The third-order valence-electron chi connectivity index (χ3n) is 9.37. The minimum atomic E-state index is 0.519. The highest BCUT2D eigenvalue weighted by molar-refractivity contribution is 5.22. The van der Waals surface area contributed by atoms with Crippen LogP contribution < -0.4 is 4.57 Å². The van der Waals surface area contributed by atoms with Crippen LogP contribution in [0.5, 0.6) is 0 Å². The summed E-state index contributed by atoms with van der Waals surface area (Å²) < 4.78 is 5.31. The number of rotatable bonds is 25. The minimum absolute atomic E-state index is 0.519. The van der Waals surface area contributed by atoms with Crippen molar-refractivity contribution in [2.45, 2.75) is 168 Å². The molecule has 0 amide bonds. The van der Waals surface area contributed by atoms with Crippen molar-refractivity contribution >= 4 is 0 Å². The van der Waals surface area contributed by atoms with Gasteiger partial charge in [-0.05, 0) is 36.3 Å². The zero-order valence-electron chi connectivity index (χ0n) is 28.4. The van der Waals surface area contributed by atoms with Crippen molar-refractivity contribution in [1.82, 2.24) is 4.57 Å². The Morgan fingerprint density at radius 2 is 1.07 bits per heavy atom. The fraction of sp³-hybridized carbons (Fsp3) is 0.634. The molecule has 2 nitrogen and oxygen atoms in total. The molecular weight excluding hydrogens is 520 g/mol. The van der Waals surface area contributed by atoms with Gasteiger partial charge < -0.3 is 0 Å². The number of aromatic nitrogens is 2. The predicted molar refractivity (Wildman–Crippen MR) is 187 cm³/mol. The van der Waals surface area contributed by atoms with Gasteiger partial charge in [0.2, 0.25) is 0 Å². The number of hydrogen-bond acceptors (Lipinski definition) is 0. The lowest BCUT2D eigenvalue weighted by Gasteiger charge is -2.11. The van der Waals surface area contributed by atoms with E-state index in [0.717, 1.165) is 25.9 Å². The Kier molecular flexibility index (Phi) is 18.1. The zero-order valence-corrected chi connectivity index (χ0v) is 28.4. The van der Waals surface area contributed by atoms with E-state index in [2.05, 4.69) is 96.8 Å². The average Bonchev–Trinajstić information content (AvgIpc) is 3.35. The molecule has 1 atom stereocenters. The van der Waals surface area contributed by atoms with Crippen molar-refractivity contribution in [1.29, 1.82) is 0 Å². The van der Waals surface area contributed by atoms with E-state index < -0.39 is 0 Å². The molecule has 3 rings (SSSR count). The van der Waals surface area contributed by atoms with Crippen LogP contribution in [0.2, 0.25) is 0 Å². The van der Waals surface area contributed by atoms with E-state index in [1.807, 2.05) is 0 Å².